The first kappa shape index (κ1) is 35.5. The van der Waals surface area contributed by atoms with Crippen molar-refractivity contribution in [3.8, 4) is 5.75 Å². The molecule has 4 unspecified atom stereocenters. The first-order valence-corrected chi connectivity index (χ1v) is 16.7. The second kappa shape index (κ2) is 16.0. The van der Waals surface area contributed by atoms with Gasteiger partial charge >= 0.3 is 5.97 Å². The highest BCUT2D eigenvalue weighted by molar-refractivity contribution is 6.30. The Labute approximate surface area is 278 Å². The van der Waals surface area contributed by atoms with E-state index < -0.39 is 24.1 Å². The van der Waals surface area contributed by atoms with Crippen LogP contribution in [0, 0.1) is 11.8 Å². The predicted molar refractivity (Wildman–Crippen MR) is 182 cm³/mol. The monoisotopic (exact) mass is 652 g/mol. The van der Waals surface area contributed by atoms with Crippen molar-refractivity contribution in [2.75, 3.05) is 45.3 Å². The first-order chi connectivity index (χ1) is 22.1. The third-order valence-electron chi connectivity index (χ3n) is 9.59. The lowest BCUT2D eigenvalue weighted by Gasteiger charge is -2.42. The van der Waals surface area contributed by atoms with E-state index >= 15 is 0 Å². The molecular formula is C37H49ClN2O6. The highest BCUT2D eigenvalue weighted by Crippen LogP contribution is 2.43. The fourth-order valence-electron chi connectivity index (χ4n) is 6.71. The summed E-state index contributed by atoms with van der Waals surface area (Å²) in [6.07, 6.45) is 7.57. The Hall–Kier alpha value is -3.33. The Bertz CT molecular complexity index is 1400. The molecule has 0 spiro atoms. The molecule has 2 aromatic carbocycles. The maximum atomic E-state index is 13.2. The van der Waals surface area contributed by atoms with E-state index in [4.69, 9.17) is 21.1 Å². The molecule has 1 fully saturated rings. The summed E-state index contributed by atoms with van der Waals surface area (Å²) < 4.78 is 11.5. The maximum absolute atomic E-state index is 13.2. The zero-order valence-corrected chi connectivity index (χ0v) is 28.2. The molecule has 5 atom stereocenters. The lowest BCUT2D eigenvalue weighted by Crippen LogP contribution is -2.44. The van der Waals surface area contributed by atoms with Gasteiger partial charge in [-0.05, 0) is 84.9 Å². The number of esters is 1. The zero-order chi connectivity index (χ0) is 33.4. The fraction of sp³-hybridized carbons (Fsp3) is 0.514. The van der Waals surface area contributed by atoms with Gasteiger partial charge in [0.2, 0.25) is 5.91 Å². The molecule has 2 aliphatic rings. The topological polar surface area (TPSA) is 99.5 Å². The molecule has 9 heteroatoms. The molecule has 1 amide bonds. The molecule has 2 N–H and O–H groups in total. The standard InChI is InChI=1S/C37H49ClN2O6/c1-6-9-10-18-39(4)35(42)21-37(44,36(43)45-5)28-13-17-34-32(20-28)40(22-26-12-15-31(26)33(41)8-3)23-27(24-46-34)30-16-14-29(38)19-25(30)11-7-2/h6,8,13-14,16-17,19-20,26-27,31,33,41,44H,1,3,7,9-12,15,18,21-24H2,2,4-5H3/t26?,27?,31?,33?,37-/m0/s1. The van der Waals surface area contributed by atoms with Crippen molar-refractivity contribution in [1.82, 2.24) is 4.90 Å². The molecule has 4 rings (SSSR count). The number of unbranched alkanes of at least 4 members (excludes halogenated alkanes) is 1. The Morgan fingerprint density at radius 2 is 2.02 bits per heavy atom. The number of fused-ring (bicyclic) bond motifs is 1. The van der Waals surface area contributed by atoms with Crippen LogP contribution < -0.4 is 9.64 Å². The van der Waals surface area contributed by atoms with Gasteiger partial charge in [0.05, 0.1) is 31.9 Å². The van der Waals surface area contributed by atoms with Gasteiger partial charge in [0.25, 0.3) is 0 Å². The van der Waals surface area contributed by atoms with Crippen molar-refractivity contribution in [2.24, 2.45) is 11.8 Å². The minimum absolute atomic E-state index is 0.0165. The lowest BCUT2D eigenvalue weighted by atomic mass is 9.70. The van der Waals surface area contributed by atoms with E-state index in [-0.39, 0.29) is 29.2 Å². The van der Waals surface area contributed by atoms with Crippen LogP contribution in [0.5, 0.6) is 5.75 Å². The molecule has 1 aliphatic heterocycles. The van der Waals surface area contributed by atoms with Gasteiger partial charge in [-0.2, -0.15) is 0 Å². The number of nitrogens with zero attached hydrogens (tertiary/aromatic N) is 2. The number of ether oxygens (including phenoxy) is 2. The van der Waals surface area contributed by atoms with Gasteiger partial charge in [-0.1, -0.05) is 49.2 Å². The third-order valence-corrected chi connectivity index (χ3v) is 9.83. The highest BCUT2D eigenvalue weighted by atomic mass is 35.5. The van der Waals surface area contributed by atoms with Crippen molar-refractivity contribution < 1.29 is 29.3 Å². The number of carbonyl (C=O) groups is 2. The molecule has 2 aromatic rings. The van der Waals surface area contributed by atoms with Gasteiger partial charge in [-0.15, -0.1) is 13.2 Å². The fourth-order valence-corrected chi connectivity index (χ4v) is 6.91. The molecule has 8 nitrogen and oxygen atoms in total. The molecule has 1 heterocycles. The number of halogens is 1. The number of anilines is 1. The normalized spacial score (nSPS) is 21.0. The maximum Gasteiger partial charge on any atom is 0.343 e. The van der Waals surface area contributed by atoms with Gasteiger partial charge < -0.3 is 29.5 Å². The summed E-state index contributed by atoms with van der Waals surface area (Å²) in [6.45, 7) is 11.8. The van der Waals surface area contributed by atoms with Crippen molar-refractivity contribution in [1.29, 1.82) is 0 Å². The summed E-state index contributed by atoms with van der Waals surface area (Å²) in [5, 5.41) is 23.2. The largest absolute Gasteiger partial charge is 0.491 e. The van der Waals surface area contributed by atoms with Crippen LogP contribution in [0.3, 0.4) is 0 Å². The molecule has 250 valence electrons. The molecule has 46 heavy (non-hydrogen) atoms. The molecular weight excluding hydrogens is 604 g/mol. The number of aliphatic hydroxyl groups is 2. The Morgan fingerprint density at radius 1 is 1.24 bits per heavy atom. The number of hydrogen-bond donors (Lipinski definition) is 2. The van der Waals surface area contributed by atoms with Crippen LogP contribution in [0.4, 0.5) is 5.69 Å². The quantitative estimate of drug-likeness (QED) is 0.138. The van der Waals surface area contributed by atoms with Crippen LogP contribution in [-0.4, -0.2) is 73.5 Å². The van der Waals surface area contributed by atoms with E-state index in [1.165, 1.54) is 23.1 Å². The second-order valence-corrected chi connectivity index (χ2v) is 13.1. The van der Waals surface area contributed by atoms with Crippen LogP contribution in [0.1, 0.15) is 68.1 Å². The third kappa shape index (κ3) is 7.96. The summed E-state index contributed by atoms with van der Waals surface area (Å²) in [6, 6.07) is 11.2. The van der Waals surface area contributed by atoms with Crippen molar-refractivity contribution in [2.45, 2.75) is 69.5 Å². The number of allylic oxidation sites excluding steroid dienone is 1. The second-order valence-electron chi connectivity index (χ2n) is 12.7. The molecule has 0 radical (unpaired) electrons. The van der Waals surface area contributed by atoms with Crippen molar-refractivity contribution in [3.63, 3.8) is 0 Å². The number of carbonyl (C=O) groups excluding carboxylic acids is 2. The van der Waals surface area contributed by atoms with E-state index in [0.29, 0.717) is 37.0 Å². The summed E-state index contributed by atoms with van der Waals surface area (Å²) in [5.41, 5.74) is 1.14. The Morgan fingerprint density at radius 3 is 2.67 bits per heavy atom. The van der Waals surface area contributed by atoms with Crippen LogP contribution in [0.15, 0.2) is 61.7 Å². The summed E-state index contributed by atoms with van der Waals surface area (Å²) in [5.74, 6) is -0.326. The molecule has 0 bridgehead atoms. The minimum Gasteiger partial charge on any atom is -0.491 e. The number of aryl methyl sites for hydroxylation is 1. The van der Waals surface area contributed by atoms with Crippen LogP contribution in [0.2, 0.25) is 5.02 Å². The van der Waals surface area contributed by atoms with E-state index in [0.717, 1.165) is 44.2 Å². The van der Waals surface area contributed by atoms with E-state index in [1.807, 2.05) is 12.1 Å². The Kier molecular flexibility index (Phi) is 12.3. The number of amides is 1. The minimum atomic E-state index is -2.20. The first-order valence-electron chi connectivity index (χ1n) is 16.3. The average molecular weight is 653 g/mol. The SMILES string of the molecule is C=CCCCN(C)C(=O)C[C@@](O)(C(=O)OC)c1ccc2c(c1)N(CC1CCC1C(O)C=C)CC(c1ccc(Cl)cc1CCC)CO2. The number of benzene rings is 2. The van der Waals surface area contributed by atoms with Crippen LogP contribution in [-0.2, 0) is 26.3 Å². The average Bonchev–Trinajstić information content (AvgIpc) is 3.21. The Balaban J connectivity index is 1.72. The molecule has 0 aromatic heterocycles. The summed E-state index contributed by atoms with van der Waals surface area (Å²) in [7, 11) is 2.86. The number of rotatable bonds is 15. The lowest BCUT2D eigenvalue weighted by molar-refractivity contribution is -0.168. The summed E-state index contributed by atoms with van der Waals surface area (Å²) in [4.78, 5) is 30.2. The molecule has 1 saturated carbocycles. The van der Waals surface area contributed by atoms with Crippen LogP contribution in [0.25, 0.3) is 0 Å². The van der Waals surface area contributed by atoms with Gasteiger partial charge in [0.1, 0.15) is 5.75 Å². The van der Waals surface area contributed by atoms with E-state index in [2.05, 4.69) is 31.0 Å². The van der Waals surface area contributed by atoms with Gasteiger partial charge in [-0.25, -0.2) is 4.79 Å². The molecule has 1 aliphatic carbocycles. The van der Waals surface area contributed by atoms with Gasteiger partial charge in [0.15, 0.2) is 5.60 Å². The number of hydrogen-bond acceptors (Lipinski definition) is 7. The van der Waals surface area contributed by atoms with Crippen molar-refractivity contribution >= 4 is 29.2 Å². The molecule has 0 saturated heterocycles. The number of aliphatic hydroxyl groups excluding tert-OH is 1. The smallest absolute Gasteiger partial charge is 0.343 e. The number of methoxy groups -OCH3 is 1. The van der Waals surface area contributed by atoms with Crippen LogP contribution >= 0.6 is 11.6 Å². The van der Waals surface area contributed by atoms with E-state index in [1.54, 1.807) is 37.4 Å². The van der Waals surface area contributed by atoms with E-state index in [9.17, 15) is 19.8 Å². The summed E-state index contributed by atoms with van der Waals surface area (Å²) >= 11 is 6.40. The predicted octanol–water partition coefficient (Wildman–Crippen LogP) is 6.02. The zero-order valence-electron chi connectivity index (χ0n) is 27.4. The van der Waals surface area contributed by atoms with Crippen molar-refractivity contribution in [3.05, 3.63) is 83.4 Å². The highest BCUT2D eigenvalue weighted by Gasteiger charge is 2.44. The van der Waals surface area contributed by atoms with Gasteiger partial charge in [0, 0.05) is 37.6 Å². The van der Waals surface area contributed by atoms with Gasteiger partial charge in [-0.3, -0.25) is 4.79 Å².